The zero-order valence-corrected chi connectivity index (χ0v) is 15.5. The Labute approximate surface area is 149 Å². The van der Waals surface area contributed by atoms with Gasteiger partial charge >= 0.3 is 0 Å². The van der Waals surface area contributed by atoms with Crippen molar-refractivity contribution in [1.29, 1.82) is 0 Å². The van der Waals surface area contributed by atoms with Gasteiger partial charge in [0.15, 0.2) is 0 Å². The summed E-state index contributed by atoms with van der Waals surface area (Å²) < 4.78 is 12.8. The highest BCUT2D eigenvalue weighted by molar-refractivity contribution is 5.24. The fourth-order valence-electron chi connectivity index (χ4n) is 3.21. The number of halogens is 1. The predicted molar refractivity (Wildman–Crippen MR) is 97.2 cm³/mol. The Kier molecular flexibility index (Phi) is 5.45. The second-order valence-electron chi connectivity index (χ2n) is 7.37. The fraction of sp³-hybridized carbons (Fsp3) is 0.500. The molecular weight excluding hydrogens is 315 g/mol. The molecule has 0 saturated heterocycles. The van der Waals surface area contributed by atoms with E-state index in [0.29, 0.717) is 12.1 Å². The van der Waals surface area contributed by atoms with E-state index >= 15 is 0 Å². The van der Waals surface area contributed by atoms with E-state index in [1.165, 1.54) is 17.5 Å². The summed E-state index contributed by atoms with van der Waals surface area (Å²) in [6.45, 7) is 12.5. The third kappa shape index (κ3) is 4.22. The molecule has 134 valence electrons. The Morgan fingerprint density at radius 1 is 0.880 bits per heavy atom. The van der Waals surface area contributed by atoms with Crippen molar-refractivity contribution in [1.82, 2.24) is 19.8 Å². The molecule has 2 aliphatic rings. The van der Waals surface area contributed by atoms with Crippen LogP contribution in [0.2, 0.25) is 0 Å². The van der Waals surface area contributed by atoms with E-state index in [9.17, 15) is 4.39 Å². The molecule has 4 nitrogen and oxygen atoms in total. The van der Waals surface area contributed by atoms with Gasteiger partial charge in [0, 0.05) is 44.5 Å². The lowest BCUT2D eigenvalue weighted by Crippen LogP contribution is -2.24. The van der Waals surface area contributed by atoms with Crippen molar-refractivity contribution in [3.63, 3.8) is 0 Å². The maximum absolute atomic E-state index is 12.8. The standard InChI is InChI=1S/C10H13FN2.C10H14N2/c1-7(2)13-5-8-3-9(11)4-12-10(8)6-13;1-8(2)12-6-9-4-3-5-11-10(9)7-12/h3-4,7H,5-6H2,1-2H3;3-5,8H,6-7H2,1-2H3. The fourth-order valence-corrected chi connectivity index (χ4v) is 3.21. The summed E-state index contributed by atoms with van der Waals surface area (Å²) in [7, 11) is 0. The van der Waals surface area contributed by atoms with Crippen LogP contribution >= 0.6 is 0 Å². The van der Waals surface area contributed by atoms with Crippen LogP contribution in [0.5, 0.6) is 0 Å². The van der Waals surface area contributed by atoms with Crippen molar-refractivity contribution >= 4 is 0 Å². The van der Waals surface area contributed by atoms with Gasteiger partial charge in [0.1, 0.15) is 5.82 Å². The van der Waals surface area contributed by atoms with Crippen LogP contribution in [0.3, 0.4) is 0 Å². The normalized spacial score (nSPS) is 16.8. The lowest BCUT2D eigenvalue weighted by atomic mass is 10.2. The smallest absolute Gasteiger partial charge is 0.141 e. The van der Waals surface area contributed by atoms with Crippen molar-refractivity contribution in [3.8, 4) is 0 Å². The molecule has 2 aromatic heterocycles. The monoisotopic (exact) mass is 342 g/mol. The second-order valence-corrected chi connectivity index (χ2v) is 7.37. The highest BCUT2D eigenvalue weighted by Crippen LogP contribution is 2.23. The van der Waals surface area contributed by atoms with Gasteiger partial charge in [-0.05, 0) is 51.0 Å². The summed E-state index contributed by atoms with van der Waals surface area (Å²) in [5.74, 6) is -0.232. The molecule has 4 heterocycles. The summed E-state index contributed by atoms with van der Waals surface area (Å²) >= 11 is 0. The average Bonchev–Trinajstić information content (AvgIpc) is 3.18. The maximum atomic E-state index is 12.8. The molecule has 0 atom stereocenters. The van der Waals surface area contributed by atoms with Gasteiger partial charge in [0.05, 0.1) is 17.6 Å². The molecule has 2 aromatic rings. The Hall–Kier alpha value is -1.85. The minimum atomic E-state index is -0.232. The molecule has 0 fully saturated rings. The van der Waals surface area contributed by atoms with E-state index in [2.05, 4.69) is 53.5 Å². The highest BCUT2D eigenvalue weighted by atomic mass is 19.1. The second kappa shape index (κ2) is 7.58. The van der Waals surface area contributed by atoms with Crippen LogP contribution < -0.4 is 0 Å². The lowest BCUT2D eigenvalue weighted by molar-refractivity contribution is 0.226. The molecule has 0 amide bonds. The Balaban J connectivity index is 0.000000146. The Morgan fingerprint density at radius 2 is 1.48 bits per heavy atom. The largest absolute Gasteiger partial charge is 0.291 e. The van der Waals surface area contributed by atoms with Gasteiger partial charge in [0.25, 0.3) is 0 Å². The molecule has 0 unspecified atom stereocenters. The number of fused-ring (bicyclic) bond motifs is 2. The van der Waals surface area contributed by atoms with Crippen LogP contribution in [0.25, 0.3) is 0 Å². The number of nitrogens with zero attached hydrogens (tertiary/aromatic N) is 4. The molecule has 0 N–H and O–H groups in total. The van der Waals surface area contributed by atoms with Gasteiger partial charge in [-0.25, -0.2) is 4.39 Å². The summed E-state index contributed by atoms with van der Waals surface area (Å²) in [5, 5.41) is 0. The maximum Gasteiger partial charge on any atom is 0.141 e. The number of hydrogen-bond acceptors (Lipinski definition) is 4. The minimum Gasteiger partial charge on any atom is -0.291 e. The Bertz CT molecular complexity index is 704. The van der Waals surface area contributed by atoms with Crippen LogP contribution in [0.15, 0.2) is 30.6 Å². The summed E-state index contributed by atoms with van der Waals surface area (Å²) in [4.78, 5) is 13.1. The van der Waals surface area contributed by atoms with Crippen molar-refractivity contribution in [3.05, 3.63) is 58.9 Å². The topological polar surface area (TPSA) is 32.3 Å². The quantitative estimate of drug-likeness (QED) is 0.832. The first-order chi connectivity index (χ1) is 11.9. The van der Waals surface area contributed by atoms with Crippen LogP contribution in [0.4, 0.5) is 4.39 Å². The van der Waals surface area contributed by atoms with E-state index in [1.54, 1.807) is 6.07 Å². The van der Waals surface area contributed by atoms with Crippen LogP contribution in [-0.2, 0) is 26.2 Å². The molecule has 25 heavy (non-hydrogen) atoms. The third-order valence-corrected chi connectivity index (χ3v) is 4.92. The van der Waals surface area contributed by atoms with E-state index in [4.69, 9.17) is 0 Å². The summed E-state index contributed by atoms with van der Waals surface area (Å²) in [5.41, 5.74) is 4.71. The van der Waals surface area contributed by atoms with Gasteiger partial charge in [0.2, 0.25) is 0 Å². The van der Waals surface area contributed by atoms with E-state index < -0.39 is 0 Å². The molecular formula is C20H27FN4. The molecule has 2 aliphatic heterocycles. The third-order valence-electron chi connectivity index (χ3n) is 4.92. The van der Waals surface area contributed by atoms with E-state index in [1.807, 2.05) is 12.3 Å². The molecule has 0 radical (unpaired) electrons. The molecule has 0 spiro atoms. The van der Waals surface area contributed by atoms with E-state index in [0.717, 1.165) is 37.4 Å². The molecule has 4 rings (SSSR count). The zero-order chi connectivity index (χ0) is 18.0. The minimum absolute atomic E-state index is 0.232. The van der Waals surface area contributed by atoms with Gasteiger partial charge in [-0.2, -0.15) is 0 Å². The van der Waals surface area contributed by atoms with Gasteiger partial charge in [-0.15, -0.1) is 0 Å². The highest BCUT2D eigenvalue weighted by Gasteiger charge is 2.22. The SMILES string of the molecule is CC(C)N1Cc2cc(F)cnc2C1.CC(C)N1Cc2cccnc2C1. The first kappa shape index (κ1) is 18.0. The molecule has 0 aromatic carbocycles. The molecule has 0 saturated carbocycles. The van der Waals surface area contributed by atoms with Gasteiger partial charge in [-0.3, -0.25) is 19.8 Å². The van der Waals surface area contributed by atoms with Crippen LogP contribution in [-0.4, -0.2) is 31.9 Å². The average molecular weight is 342 g/mol. The number of pyridine rings is 2. The van der Waals surface area contributed by atoms with Gasteiger partial charge < -0.3 is 0 Å². The van der Waals surface area contributed by atoms with Crippen LogP contribution in [0, 0.1) is 5.82 Å². The lowest BCUT2D eigenvalue weighted by Gasteiger charge is -2.18. The van der Waals surface area contributed by atoms with Crippen molar-refractivity contribution in [2.24, 2.45) is 0 Å². The Morgan fingerprint density at radius 3 is 2.08 bits per heavy atom. The zero-order valence-electron chi connectivity index (χ0n) is 15.5. The van der Waals surface area contributed by atoms with Crippen molar-refractivity contribution < 1.29 is 4.39 Å². The molecule has 0 aliphatic carbocycles. The number of hydrogen-bond donors (Lipinski definition) is 0. The summed E-state index contributed by atoms with van der Waals surface area (Å²) in [6, 6.07) is 6.90. The molecule has 0 bridgehead atoms. The summed E-state index contributed by atoms with van der Waals surface area (Å²) in [6.07, 6.45) is 3.17. The van der Waals surface area contributed by atoms with Crippen molar-refractivity contribution in [2.75, 3.05) is 0 Å². The number of aromatic nitrogens is 2. The van der Waals surface area contributed by atoms with Crippen molar-refractivity contribution in [2.45, 2.75) is 66.0 Å². The van der Waals surface area contributed by atoms with Gasteiger partial charge in [-0.1, -0.05) is 6.07 Å². The first-order valence-electron chi connectivity index (χ1n) is 8.98. The molecule has 5 heteroatoms. The predicted octanol–water partition coefficient (Wildman–Crippen LogP) is 3.75. The van der Waals surface area contributed by atoms with Crippen LogP contribution in [0.1, 0.15) is 50.2 Å². The first-order valence-corrected chi connectivity index (χ1v) is 8.98. The number of rotatable bonds is 2. The van der Waals surface area contributed by atoms with E-state index in [-0.39, 0.29) is 5.82 Å².